The van der Waals surface area contributed by atoms with Crippen LogP contribution in [0.2, 0.25) is 0 Å². The number of hydrogen-bond donors (Lipinski definition) is 1. The van der Waals surface area contributed by atoms with E-state index in [1.54, 1.807) is 13.0 Å². The summed E-state index contributed by atoms with van der Waals surface area (Å²) in [5.74, 6) is -1.19. The molecular formula is C13H11FO3. The molecule has 0 atom stereocenters. The summed E-state index contributed by atoms with van der Waals surface area (Å²) in [7, 11) is 0. The normalized spacial score (nSPS) is 10.5. The molecule has 0 saturated carbocycles. The van der Waals surface area contributed by atoms with Gasteiger partial charge in [-0.05, 0) is 25.1 Å². The fraction of sp³-hybridized carbons (Fsp3) is 0.154. The van der Waals surface area contributed by atoms with Gasteiger partial charge >= 0.3 is 5.97 Å². The highest BCUT2D eigenvalue weighted by Crippen LogP contribution is 2.28. The molecule has 2 aromatic carbocycles. The van der Waals surface area contributed by atoms with Gasteiger partial charge in [-0.3, -0.25) is 0 Å². The van der Waals surface area contributed by atoms with Crippen molar-refractivity contribution in [3.05, 3.63) is 41.7 Å². The van der Waals surface area contributed by atoms with Gasteiger partial charge in [0.15, 0.2) is 0 Å². The lowest BCUT2D eigenvalue weighted by Gasteiger charge is -2.06. The predicted octanol–water partition coefficient (Wildman–Crippen LogP) is 2.86. The molecule has 2 aromatic rings. The Balaban J connectivity index is 2.62. The zero-order chi connectivity index (χ0) is 12.4. The number of carbonyl (C=O) groups is 1. The third-order valence-electron chi connectivity index (χ3n) is 2.43. The van der Waals surface area contributed by atoms with Crippen LogP contribution in [0.5, 0.6) is 5.75 Å². The van der Waals surface area contributed by atoms with E-state index in [9.17, 15) is 14.3 Å². The van der Waals surface area contributed by atoms with Crippen molar-refractivity contribution in [2.45, 2.75) is 6.92 Å². The summed E-state index contributed by atoms with van der Waals surface area (Å²) in [5, 5.41) is 10.3. The first-order chi connectivity index (χ1) is 8.13. The van der Waals surface area contributed by atoms with Crippen LogP contribution < -0.4 is 0 Å². The Morgan fingerprint density at radius 1 is 1.35 bits per heavy atom. The van der Waals surface area contributed by atoms with Gasteiger partial charge in [-0.2, -0.15) is 0 Å². The van der Waals surface area contributed by atoms with Crippen LogP contribution in [-0.2, 0) is 4.74 Å². The Labute approximate surface area is 97.4 Å². The van der Waals surface area contributed by atoms with Crippen LogP contribution in [0.15, 0.2) is 30.3 Å². The van der Waals surface area contributed by atoms with Crippen LogP contribution in [0.4, 0.5) is 4.39 Å². The molecule has 3 nitrogen and oxygen atoms in total. The lowest BCUT2D eigenvalue weighted by atomic mass is 10.1. The fourth-order valence-corrected chi connectivity index (χ4v) is 1.66. The molecule has 1 N–H and O–H groups in total. The minimum atomic E-state index is -0.576. The second kappa shape index (κ2) is 4.41. The molecule has 0 spiro atoms. The molecule has 0 fully saturated rings. The molecule has 0 heterocycles. The second-order valence-electron chi connectivity index (χ2n) is 3.55. The molecule has 88 valence electrons. The molecule has 0 unspecified atom stereocenters. The first kappa shape index (κ1) is 11.4. The Morgan fingerprint density at radius 2 is 2.12 bits per heavy atom. The molecule has 2 rings (SSSR count). The van der Waals surface area contributed by atoms with Gasteiger partial charge in [0.1, 0.15) is 11.6 Å². The van der Waals surface area contributed by atoms with E-state index >= 15 is 0 Å². The summed E-state index contributed by atoms with van der Waals surface area (Å²) in [4.78, 5) is 11.5. The molecule has 17 heavy (non-hydrogen) atoms. The highest BCUT2D eigenvalue weighted by Gasteiger charge is 2.12. The molecule has 0 bridgehead atoms. The molecule has 0 aliphatic carbocycles. The highest BCUT2D eigenvalue weighted by molar-refractivity contribution is 5.98. The van der Waals surface area contributed by atoms with Gasteiger partial charge in [-0.25, -0.2) is 9.18 Å². The molecule has 0 aliphatic rings. The summed E-state index contributed by atoms with van der Waals surface area (Å²) >= 11 is 0. The first-order valence-corrected chi connectivity index (χ1v) is 5.22. The lowest BCUT2D eigenvalue weighted by Crippen LogP contribution is -2.04. The zero-order valence-corrected chi connectivity index (χ0v) is 9.24. The smallest absolute Gasteiger partial charge is 0.338 e. The number of phenols is 1. The molecule has 0 saturated heterocycles. The van der Waals surface area contributed by atoms with E-state index in [0.29, 0.717) is 5.39 Å². The summed E-state index contributed by atoms with van der Waals surface area (Å²) in [6.07, 6.45) is 0. The Hall–Kier alpha value is -2.10. The van der Waals surface area contributed by atoms with Crippen molar-refractivity contribution in [2.75, 3.05) is 6.61 Å². The zero-order valence-electron chi connectivity index (χ0n) is 9.24. The molecular weight excluding hydrogens is 223 g/mol. The Kier molecular flexibility index (Phi) is 2.95. The van der Waals surface area contributed by atoms with E-state index in [4.69, 9.17) is 4.74 Å². The number of fused-ring (bicyclic) bond motifs is 1. The number of phenolic OH excluding ortho intramolecular Hbond substituents is 1. The SMILES string of the molecule is CCOC(=O)c1cc(O)c2cccc(F)c2c1. The van der Waals surface area contributed by atoms with E-state index in [1.807, 2.05) is 0 Å². The molecule has 0 aromatic heterocycles. The van der Waals surface area contributed by atoms with Crippen molar-refractivity contribution in [3.63, 3.8) is 0 Å². The molecule has 0 radical (unpaired) electrons. The number of ether oxygens (including phenoxy) is 1. The van der Waals surface area contributed by atoms with Gasteiger partial charge < -0.3 is 9.84 Å². The minimum absolute atomic E-state index is 0.134. The maximum absolute atomic E-state index is 13.5. The van der Waals surface area contributed by atoms with Crippen molar-refractivity contribution in [2.24, 2.45) is 0 Å². The van der Waals surface area contributed by atoms with Gasteiger partial charge in [-0.15, -0.1) is 0 Å². The quantitative estimate of drug-likeness (QED) is 0.813. The average molecular weight is 234 g/mol. The maximum atomic E-state index is 13.5. The van der Waals surface area contributed by atoms with Gasteiger partial charge in [0.2, 0.25) is 0 Å². The fourth-order valence-electron chi connectivity index (χ4n) is 1.66. The van der Waals surface area contributed by atoms with Crippen LogP contribution in [0.3, 0.4) is 0 Å². The monoisotopic (exact) mass is 234 g/mol. The lowest BCUT2D eigenvalue weighted by molar-refractivity contribution is 0.0526. The van der Waals surface area contributed by atoms with Gasteiger partial charge in [0.25, 0.3) is 0 Å². The highest BCUT2D eigenvalue weighted by atomic mass is 19.1. The van der Waals surface area contributed by atoms with Crippen LogP contribution in [0.25, 0.3) is 10.8 Å². The number of hydrogen-bond acceptors (Lipinski definition) is 3. The summed E-state index contributed by atoms with van der Waals surface area (Å²) in [6.45, 7) is 1.91. The number of benzene rings is 2. The van der Waals surface area contributed by atoms with Gasteiger partial charge in [0, 0.05) is 10.8 Å². The van der Waals surface area contributed by atoms with Crippen molar-refractivity contribution < 1.29 is 19.0 Å². The maximum Gasteiger partial charge on any atom is 0.338 e. The van der Waals surface area contributed by atoms with Crippen LogP contribution in [0, 0.1) is 5.82 Å². The molecule has 0 amide bonds. The van der Waals surface area contributed by atoms with E-state index < -0.39 is 11.8 Å². The van der Waals surface area contributed by atoms with Crippen molar-refractivity contribution in [1.82, 2.24) is 0 Å². The van der Waals surface area contributed by atoms with Gasteiger partial charge in [-0.1, -0.05) is 12.1 Å². The van der Waals surface area contributed by atoms with Crippen LogP contribution in [-0.4, -0.2) is 17.7 Å². The third kappa shape index (κ3) is 2.06. The van der Waals surface area contributed by atoms with Crippen molar-refractivity contribution >= 4 is 16.7 Å². The first-order valence-electron chi connectivity index (χ1n) is 5.22. The molecule has 4 heteroatoms. The summed E-state index contributed by atoms with van der Waals surface area (Å²) in [5.41, 5.74) is 0.141. The van der Waals surface area contributed by atoms with Crippen molar-refractivity contribution in [3.8, 4) is 5.75 Å². The third-order valence-corrected chi connectivity index (χ3v) is 2.43. The number of rotatable bonds is 2. The predicted molar refractivity (Wildman–Crippen MR) is 61.5 cm³/mol. The largest absolute Gasteiger partial charge is 0.507 e. The number of halogens is 1. The minimum Gasteiger partial charge on any atom is -0.507 e. The number of carbonyl (C=O) groups excluding carboxylic acids is 1. The van der Waals surface area contributed by atoms with E-state index in [2.05, 4.69) is 0 Å². The average Bonchev–Trinajstić information content (AvgIpc) is 2.30. The van der Waals surface area contributed by atoms with Gasteiger partial charge in [0.05, 0.1) is 12.2 Å². The second-order valence-corrected chi connectivity index (χ2v) is 3.55. The van der Waals surface area contributed by atoms with E-state index in [-0.39, 0.29) is 23.3 Å². The summed E-state index contributed by atoms with van der Waals surface area (Å²) in [6, 6.07) is 7.02. The number of aromatic hydroxyl groups is 1. The summed E-state index contributed by atoms with van der Waals surface area (Å²) < 4.78 is 18.3. The van der Waals surface area contributed by atoms with Crippen LogP contribution in [0.1, 0.15) is 17.3 Å². The molecule has 0 aliphatic heterocycles. The van der Waals surface area contributed by atoms with Crippen molar-refractivity contribution in [1.29, 1.82) is 0 Å². The number of esters is 1. The standard InChI is InChI=1S/C13H11FO3/c1-2-17-13(16)8-6-10-9(12(15)7-8)4-3-5-11(10)14/h3-7,15H,2H2,1H3. The topological polar surface area (TPSA) is 46.5 Å². The van der Waals surface area contributed by atoms with E-state index in [0.717, 1.165) is 0 Å². The Bertz CT molecular complexity index is 578. The van der Waals surface area contributed by atoms with Crippen LogP contribution >= 0.6 is 0 Å². The van der Waals surface area contributed by atoms with E-state index in [1.165, 1.54) is 24.3 Å². The Morgan fingerprint density at radius 3 is 2.82 bits per heavy atom.